The third-order valence-corrected chi connectivity index (χ3v) is 9.19. The molecule has 0 saturated carbocycles. The Kier molecular flexibility index (Phi) is 8.82. The molecular weight excluding hydrogens is 659 g/mol. The van der Waals surface area contributed by atoms with Gasteiger partial charge in [0.25, 0.3) is 5.92 Å². The maximum absolute atomic E-state index is 13.9. The van der Waals surface area contributed by atoms with Crippen LogP contribution in [0.2, 0.25) is 0 Å². The summed E-state index contributed by atoms with van der Waals surface area (Å²) < 4.78 is 80.0. The number of halogens is 5. The number of ether oxygens (including phenoxy) is 2. The second kappa shape index (κ2) is 12.7. The molecule has 6 rings (SSSR count). The summed E-state index contributed by atoms with van der Waals surface area (Å²) in [7, 11) is 1.45. The molecular formula is C37H35F5N4O4. The van der Waals surface area contributed by atoms with Crippen molar-refractivity contribution in [3.63, 3.8) is 0 Å². The Hall–Kier alpha value is -5.07. The van der Waals surface area contributed by atoms with Crippen molar-refractivity contribution in [2.24, 2.45) is 0 Å². The van der Waals surface area contributed by atoms with Crippen molar-refractivity contribution in [2.45, 2.75) is 65.4 Å². The highest BCUT2D eigenvalue weighted by molar-refractivity contribution is 5.95. The number of Topliss-reactive ketones (excluding diaryl/α,β-unsaturated/α-hetero) is 1. The van der Waals surface area contributed by atoms with Crippen LogP contribution in [0.25, 0.3) is 22.3 Å². The van der Waals surface area contributed by atoms with E-state index in [4.69, 9.17) is 9.47 Å². The lowest BCUT2D eigenvalue weighted by molar-refractivity contribution is -0.137. The van der Waals surface area contributed by atoms with Crippen molar-refractivity contribution in [1.29, 1.82) is 0 Å². The van der Waals surface area contributed by atoms with Crippen LogP contribution in [0.3, 0.4) is 0 Å². The molecule has 262 valence electrons. The van der Waals surface area contributed by atoms with Crippen LogP contribution in [-0.4, -0.2) is 58.9 Å². The predicted octanol–water partition coefficient (Wildman–Crippen LogP) is 8.50. The smallest absolute Gasteiger partial charge is 0.416 e. The molecule has 2 aromatic heterocycles. The van der Waals surface area contributed by atoms with Crippen LogP contribution in [-0.2, 0) is 17.5 Å². The number of carbonyl (C=O) groups is 2. The van der Waals surface area contributed by atoms with E-state index in [1.807, 2.05) is 32.0 Å². The van der Waals surface area contributed by atoms with Crippen molar-refractivity contribution in [3.8, 4) is 28.1 Å². The van der Waals surface area contributed by atoms with Gasteiger partial charge in [-0.25, -0.2) is 23.5 Å². The molecule has 2 aromatic carbocycles. The van der Waals surface area contributed by atoms with Crippen LogP contribution in [0, 0.1) is 20.8 Å². The van der Waals surface area contributed by atoms with Gasteiger partial charge in [0.2, 0.25) is 5.88 Å². The van der Waals surface area contributed by atoms with Gasteiger partial charge >= 0.3 is 12.3 Å². The molecule has 0 N–H and O–H groups in total. The van der Waals surface area contributed by atoms with Crippen LogP contribution in [0.1, 0.15) is 63.7 Å². The summed E-state index contributed by atoms with van der Waals surface area (Å²) in [4.78, 5) is 37.3. The number of ketones is 1. The predicted molar refractivity (Wildman–Crippen MR) is 177 cm³/mol. The summed E-state index contributed by atoms with van der Waals surface area (Å²) in [5.74, 6) is -2.41. The van der Waals surface area contributed by atoms with E-state index in [0.717, 1.165) is 34.4 Å². The highest BCUT2D eigenvalue weighted by Gasteiger charge is 2.45. The molecule has 8 nitrogen and oxygen atoms in total. The van der Waals surface area contributed by atoms with Crippen LogP contribution in [0.15, 0.2) is 54.9 Å². The van der Waals surface area contributed by atoms with Gasteiger partial charge in [0.15, 0.2) is 5.78 Å². The number of cyclic esters (lactones) is 1. The number of carbonyl (C=O) groups excluding carboxylic acids is 2. The minimum atomic E-state index is -4.59. The van der Waals surface area contributed by atoms with Crippen LogP contribution >= 0.6 is 0 Å². The van der Waals surface area contributed by atoms with Gasteiger partial charge in [-0.1, -0.05) is 11.6 Å². The van der Waals surface area contributed by atoms with E-state index in [0.29, 0.717) is 27.8 Å². The SMILES string of the molecule is COc1ncc(-c2c(C)cc(C(C)=O)cc2C)cc1-c1cnc(N2CC(F)(F)C2)cc1CN1C(=O)O[C@H](c2cc(C)cc(C(F)(F)F)c2)[C@@H]1C. The van der Waals surface area contributed by atoms with Gasteiger partial charge in [-0.05, 0) is 98.8 Å². The molecule has 0 bridgehead atoms. The number of pyridine rings is 2. The Morgan fingerprint density at radius 3 is 2.26 bits per heavy atom. The van der Waals surface area contributed by atoms with Crippen LogP contribution < -0.4 is 9.64 Å². The van der Waals surface area contributed by atoms with Gasteiger partial charge < -0.3 is 14.4 Å². The Balaban J connectivity index is 1.42. The first-order chi connectivity index (χ1) is 23.5. The second-order valence-corrected chi connectivity index (χ2v) is 13.0. The van der Waals surface area contributed by atoms with Crippen molar-refractivity contribution < 1.29 is 41.0 Å². The molecule has 2 fully saturated rings. The van der Waals surface area contributed by atoms with E-state index in [-0.39, 0.29) is 29.6 Å². The molecule has 13 heteroatoms. The minimum Gasteiger partial charge on any atom is -0.481 e. The number of aromatic nitrogens is 2. The lowest BCUT2D eigenvalue weighted by Gasteiger charge is -2.39. The molecule has 50 heavy (non-hydrogen) atoms. The number of hydrogen-bond acceptors (Lipinski definition) is 7. The molecule has 2 atom stereocenters. The van der Waals surface area contributed by atoms with Gasteiger partial charge in [-0.2, -0.15) is 13.2 Å². The Morgan fingerprint density at radius 1 is 0.980 bits per heavy atom. The van der Waals surface area contributed by atoms with E-state index in [1.165, 1.54) is 37.0 Å². The number of alkyl halides is 5. The normalized spacial score (nSPS) is 18.6. The number of nitrogens with zero attached hydrogens (tertiary/aromatic N) is 4. The lowest BCUT2D eigenvalue weighted by Crippen LogP contribution is -2.56. The number of amides is 1. The van der Waals surface area contributed by atoms with Gasteiger partial charge in [0.05, 0.1) is 38.3 Å². The topological polar surface area (TPSA) is 84.9 Å². The Bertz CT molecular complexity index is 1980. The molecule has 2 aliphatic rings. The lowest BCUT2D eigenvalue weighted by atomic mass is 9.91. The Labute approximate surface area is 285 Å². The quantitative estimate of drug-likeness (QED) is 0.135. The molecule has 0 aliphatic carbocycles. The van der Waals surface area contributed by atoms with E-state index >= 15 is 0 Å². The van der Waals surface area contributed by atoms with Crippen molar-refractivity contribution in [1.82, 2.24) is 14.9 Å². The van der Waals surface area contributed by atoms with Gasteiger partial charge in [0, 0.05) is 34.6 Å². The summed E-state index contributed by atoms with van der Waals surface area (Å²) in [6.45, 7) is 7.39. The van der Waals surface area contributed by atoms with Gasteiger partial charge in [-0.3, -0.25) is 9.69 Å². The zero-order chi connectivity index (χ0) is 36.3. The molecule has 0 radical (unpaired) electrons. The standard InChI is InChI=1S/C37H35F5N4O4/c1-19-7-25(11-28(8-19)37(40,41)42)33-22(4)46(35(48)50-33)16-27-13-31(45-17-36(38,39)18-45)43-15-30(27)29-12-26(14-44-34(29)49-6)32-20(2)9-24(23(5)47)10-21(32)3/h7-15,22,33H,16-18H2,1-6H3/t22-,33-/m0/s1. The van der Waals surface area contributed by atoms with Crippen LogP contribution in [0.4, 0.5) is 32.6 Å². The summed E-state index contributed by atoms with van der Waals surface area (Å²) in [5, 5.41) is 0. The molecule has 0 unspecified atom stereocenters. The Morgan fingerprint density at radius 2 is 1.66 bits per heavy atom. The van der Waals surface area contributed by atoms with E-state index < -0.39 is 49.0 Å². The third kappa shape index (κ3) is 6.60. The third-order valence-electron chi connectivity index (χ3n) is 9.19. The molecule has 0 spiro atoms. The maximum atomic E-state index is 13.9. The van der Waals surface area contributed by atoms with E-state index in [9.17, 15) is 31.5 Å². The average Bonchev–Trinajstić information content (AvgIpc) is 3.31. The largest absolute Gasteiger partial charge is 0.481 e. The molecule has 1 amide bonds. The first-order valence-corrected chi connectivity index (χ1v) is 15.9. The van der Waals surface area contributed by atoms with Gasteiger partial charge in [0.1, 0.15) is 11.9 Å². The zero-order valence-corrected chi connectivity index (χ0v) is 28.3. The van der Waals surface area contributed by atoms with Crippen LogP contribution in [0.5, 0.6) is 5.88 Å². The highest BCUT2D eigenvalue weighted by Crippen LogP contribution is 2.42. The van der Waals surface area contributed by atoms with E-state index in [1.54, 1.807) is 25.3 Å². The number of rotatable bonds is 8. The van der Waals surface area contributed by atoms with Gasteiger partial charge in [-0.15, -0.1) is 0 Å². The van der Waals surface area contributed by atoms with Crippen molar-refractivity contribution >= 4 is 17.7 Å². The number of aryl methyl sites for hydroxylation is 3. The zero-order valence-electron chi connectivity index (χ0n) is 28.3. The second-order valence-electron chi connectivity index (χ2n) is 13.0. The maximum Gasteiger partial charge on any atom is 0.416 e. The first-order valence-electron chi connectivity index (χ1n) is 15.9. The fourth-order valence-corrected chi connectivity index (χ4v) is 6.76. The monoisotopic (exact) mass is 694 g/mol. The number of benzene rings is 2. The summed E-state index contributed by atoms with van der Waals surface area (Å²) in [6.07, 6.45) is -3.16. The molecule has 2 aliphatic heterocycles. The number of methoxy groups -OCH3 is 1. The average molecular weight is 695 g/mol. The highest BCUT2D eigenvalue weighted by atomic mass is 19.4. The van der Waals surface area contributed by atoms with Crippen molar-refractivity contribution in [2.75, 3.05) is 25.1 Å². The fraction of sp³-hybridized carbons (Fsp3) is 0.351. The number of hydrogen-bond donors (Lipinski definition) is 0. The number of anilines is 1. The molecule has 4 heterocycles. The summed E-state index contributed by atoms with van der Waals surface area (Å²) in [6, 6.07) is 9.97. The minimum absolute atomic E-state index is 0.0628. The van der Waals surface area contributed by atoms with E-state index in [2.05, 4.69) is 9.97 Å². The van der Waals surface area contributed by atoms with Crippen molar-refractivity contribution in [3.05, 3.63) is 93.8 Å². The summed E-state index contributed by atoms with van der Waals surface area (Å²) >= 11 is 0. The molecule has 4 aromatic rings. The fourth-order valence-electron chi connectivity index (χ4n) is 6.76. The molecule has 2 saturated heterocycles. The first kappa shape index (κ1) is 34.8. The summed E-state index contributed by atoms with van der Waals surface area (Å²) in [5.41, 5.74) is 5.10.